The minimum atomic E-state index is -1.80. The Labute approximate surface area is 94.4 Å². The van der Waals surface area contributed by atoms with Crippen LogP contribution in [0, 0.1) is 0 Å². The van der Waals surface area contributed by atoms with Gasteiger partial charge in [0.15, 0.2) is 8.67 Å². The molecule has 0 bridgehead atoms. The van der Waals surface area contributed by atoms with Gasteiger partial charge in [-0.2, -0.15) is 0 Å². The molecule has 0 aromatic carbocycles. The first kappa shape index (κ1) is 12.7. The molecule has 0 aromatic rings. The van der Waals surface area contributed by atoms with Gasteiger partial charge in [-0.05, 0) is 0 Å². The molecule has 0 saturated carbocycles. The first-order chi connectivity index (χ1) is 4.75. The topological polar surface area (TPSA) is 20.2 Å². The van der Waals surface area contributed by atoms with E-state index in [-0.39, 0.29) is 0 Å². The number of halogens is 6. The van der Waals surface area contributed by atoms with E-state index in [4.69, 9.17) is 74.7 Å². The molecule has 0 radical (unpaired) electrons. The summed E-state index contributed by atoms with van der Waals surface area (Å²) in [5, 5.41) is 8.63. The molecule has 0 aliphatic rings. The lowest BCUT2D eigenvalue weighted by molar-refractivity contribution is 0.272. The second kappa shape index (κ2) is 4.28. The zero-order valence-electron chi connectivity index (χ0n) is 5.00. The van der Waals surface area contributed by atoms with Crippen LogP contribution >= 0.6 is 69.6 Å². The number of rotatable bonds is 3. The van der Waals surface area contributed by atoms with Crippen molar-refractivity contribution in [2.45, 2.75) is 13.5 Å². The molecule has 0 aromatic heterocycles. The maximum absolute atomic E-state index is 8.63. The van der Waals surface area contributed by atoms with E-state index in [1.165, 1.54) is 0 Å². The van der Waals surface area contributed by atoms with Gasteiger partial charge < -0.3 is 5.11 Å². The van der Waals surface area contributed by atoms with Gasteiger partial charge in [0.2, 0.25) is 0 Å². The summed E-state index contributed by atoms with van der Waals surface area (Å²) in [5.41, 5.74) is 0. The second-order valence-electron chi connectivity index (χ2n) is 1.79. The van der Waals surface area contributed by atoms with E-state index >= 15 is 0 Å². The van der Waals surface area contributed by atoms with Gasteiger partial charge in [0.1, 0.15) is 4.84 Å². The molecular weight excluding hydrogens is 277 g/mol. The molecule has 0 fully saturated rings. The number of aliphatic hydroxyl groups is 1. The highest BCUT2D eigenvalue weighted by molar-refractivity contribution is 6.68. The number of alkyl halides is 6. The SMILES string of the molecule is OCC(Cl)(Cl)C(Cl)(Cl)C(Cl)Cl. The average Bonchev–Trinajstić information content (AvgIpc) is 1.87. The predicted octanol–water partition coefficient (Wildman–Crippen LogP) is 3.13. The Kier molecular flexibility index (Phi) is 4.94. The van der Waals surface area contributed by atoms with Crippen LogP contribution in [0.1, 0.15) is 0 Å². The Morgan fingerprint density at radius 3 is 1.55 bits per heavy atom. The molecule has 7 heteroatoms. The van der Waals surface area contributed by atoms with Crippen LogP contribution in [0.2, 0.25) is 0 Å². The van der Waals surface area contributed by atoms with Crippen molar-refractivity contribution in [3.05, 3.63) is 0 Å². The van der Waals surface area contributed by atoms with Crippen molar-refractivity contribution in [1.82, 2.24) is 0 Å². The third-order valence-electron chi connectivity index (χ3n) is 0.960. The Bertz CT molecular complexity index is 133. The maximum Gasteiger partial charge on any atom is 0.183 e. The summed E-state index contributed by atoms with van der Waals surface area (Å²) in [6.07, 6.45) is 0. The van der Waals surface area contributed by atoms with Gasteiger partial charge in [-0.3, -0.25) is 0 Å². The molecule has 0 saturated heterocycles. The summed E-state index contributed by atoms with van der Waals surface area (Å²) in [7, 11) is 0. The van der Waals surface area contributed by atoms with Crippen LogP contribution in [-0.4, -0.2) is 25.2 Å². The molecule has 0 atom stereocenters. The molecule has 0 amide bonds. The van der Waals surface area contributed by atoms with Crippen molar-refractivity contribution in [3.63, 3.8) is 0 Å². The number of aliphatic hydroxyl groups excluding tert-OH is 1. The Hall–Kier alpha value is 1.70. The van der Waals surface area contributed by atoms with Gasteiger partial charge in [0.25, 0.3) is 0 Å². The number of hydrogen-bond donors (Lipinski definition) is 1. The van der Waals surface area contributed by atoms with E-state index in [9.17, 15) is 0 Å². The van der Waals surface area contributed by atoms with E-state index in [1.54, 1.807) is 0 Å². The van der Waals surface area contributed by atoms with Crippen molar-refractivity contribution >= 4 is 69.6 Å². The van der Waals surface area contributed by atoms with E-state index in [1.807, 2.05) is 0 Å². The third-order valence-corrected chi connectivity index (χ3v) is 4.37. The van der Waals surface area contributed by atoms with Crippen molar-refractivity contribution in [1.29, 1.82) is 0 Å². The average molecular weight is 281 g/mol. The molecule has 0 spiro atoms. The summed E-state index contributed by atoms with van der Waals surface area (Å²) in [6.45, 7) is -0.640. The van der Waals surface area contributed by atoms with Crippen LogP contribution in [0.3, 0.4) is 0 Å². The fraction of sp³-hybridized carbons (Fsp3) is 1.00. The lowest BCUT2D eigenvalue weighted by Crippen LogP contribution is -2.44. The summed E-state index contributed by atoms with van der Waals surface area (Å²) in [5.74, 6) is 0. The van der Waals surface area contributed by atoms with Crippen LogP contribution in [0.4, 0.5) is 0 Å². The van der Waals surface area contributed by atoms with Gasteiger partial charge in [-0.15, -0.1) is 23.2 Å². The summed E-state index contributed by atoms with van der Waals surface area (Å²) < 4.78 is -3.57. The van der Waals surface area contributed by atoms with Gasteiger partial charge in [0, 0.05) is 0 Å². The van der Waals surface area contributed by atoms with Gasteiger partial charge in [0.05, 0.1) is 6.61 Å². The summed E-state index contributed by atoms with van der Waals surface area (Å²) >= 11 is 32.8. The first-order valence-corrected chi connectivity index (χ1v) is 4.79. The third kappa shape index (κ3) is 2.84. The van der Waals surface area contributed by atoms with Crippen LogP contribution in [0.15, 0.2) is 0 Å². The molecule has 68 valence electrons. The normalized spacial score (nSPS) is 14.2. The molecule has 0 aliphatic heterocycles. The van der Waals surface area contributed by atoms with Crippen molar-refractivity contribution in [2.24, 2.45) is 0 Å². The standard InChI is InChI=1S/C4H4Cl6O/c5-2(6)4(9,10)3(7,8)1-11/h2,11H,1H2. The first-order valence-electron chi connectivity index (χ1n) is 2.40. The zero-order chi connectivity index (χ0) is 9.28. The fourth-order valence-electron chi connectivity index (χ4n) is 0.265. The molecule has 1 N–H and O–H groups in total. The predicted molar refractivity (Wildman–Crippen MR) is 51.5 cm³/mol. The van der Waals surface area contributed by atoms with Crippen molar-refractivity contribution in [3.8, 4) is 0 Å². The quantitative estimate of drug-likeness (QED) is 0.788. The monoisotopic (exact) mass is 278 g/mol. The van der Waals surface area contributed by atoms with Crippen molar-refractivity contribution in [2.75, 3.05) is 6.61 Å². The van der Waals surface area contributed by atoms with Gasteiger partial charge in [-0.25, -0.2) is 0 Å². The molecule has 11 heavy (non-hydrogen) atoms. The maximum atomic E-state index is 8.63. The fourth-order valence-corrected chi connectivity index (χ4v) is 1.20. The molecule has 0 aliphatic carbocycles. The zero-order valence-corrected chi connectivity index (χ0v) is 9.54. The van der Waals surface area contributed by atoms with Gasteiger partial charge >= 0.3 is 0 Å². The van der Waals surface area contributed by atoms with Crippen LogP contribution < -0.4 is 0 Å². The molecular formula is C4H4Cl6O. The lowest BCUT2D eigenvalue weighted by atomic mass is 10.3. The van der Waals surface area contributed by atoms with Crippen LogP contribution in [0.25, 0.3) is 0 Å². The molecule has 0 rings (SSSR count). The number of hydrogen-bond acceptors (Lipinski definition) is 1. The van der Waals surface area contributed by atoms with Crippen LogP contribution in [0.5, 0.6) is 0 Å². The highest BCUT2D eigenvalue weighted by atomic mass is 35.5. The van der Waals surface area contributed by atoms with E-state index in [0.29, 0.717) is 0 Å². The van der Waals surface area contributed by atoms with E-state index < -0.39 is 20.1 Å². The van der Waals surface area contributed by atoms with Crippen molar-refractivity contribution < 1.29 is 5.11 Å². The largest absolute Gasteiger partial charge is 0.393 e. The summed E-state index contributed by atoms with van der Waals surface area (Å²) in [6, 6.07) is 0. The second-order valence-corrected chi connectivity index (χ2v) is 5.75. The van der Waals surface area contributed by atoms with E-state index in [0.717, 1.165) is 0 Å². The Morgan fingerprint density at radius 1 is 1.09 bits per heavy atom. The molecule has 0 heterocycles. The molecule has 1 nitrogen and oxygen atoms in total. The van der Waals surface area contributed by atoms with Crippen LogP contribution in [-0.2, 0) is 0 Å². The van der Waals surface area contributed by atoms with E-state index in [2.05, 4.69) is 0 Å². The smallest absolute Gasteiger partial charge is 0.183 e. The lowest BCUT2D eigenvalue weighted by Gasteiger charge is -2.31. The highest BCUT2D eigenvalue weighted by Crippen LogP contribution is 2.47. The minimum absolute atomic E-state index is 0.640. The Morgan fingerprint density at radius 2 is 1.45 bits per heavy atom. The van der Waals surface area contributed by atoms with Gasteiger partial charge in [-0.1, -0.05) is 46.4 Å². The summed E-state index contributed by atoms with van der Waals surface area (Å²) in [4.78, 5) is -1.19. The molecule has 0 unspecified atom stereocenters. The highest BCUT2D eigenvalue weighted by Gasteiger charge is 2.51. The Balaban J connectivity index is 4.53. The minimum Gasteiger partial charge on any atom is -0.393 e.